The molecule has 2 fully saturated rings. The number of hydrogen-bond donors (Lipinski definition) is 1. The first-order chi connectivity index (χ1) is 12.9. The molecule has 3 rings (SSSR count). The third-order valence-electron chi connectivity index (χ3n) is 5.42. The summed E-state index contributed by atoms with van der Waals surface area (Å²) in [5.74, 6) is 1.76. The van der Waals surface area contributed by atoms with Crippen molar-refractivity contribution in [2.75, 3.05) is 32.8 Å². The van der Waals surface area contributed by atoms with Gasteiger partial charge in [-0.25, -0.2) is 0 Å². The number of halogens is 1. The summed E-state index contributed by atoms with van der Waals surface area (Å²) in [5.41, 5.74) is 0. The molecule has 6 heteroatoms. The van der Waals surface area contributed by atoms with Crippen LogP contribution < -0.4 is 4.74 Å². The van der Waals surface area contributed by atoms with Crippen molar-refractivity contribution in [3.63, 3.8) is 0 Å². The van der Waals surface area contributed by atoms with E-state index in [0.717, 1.165) is 38.2 Å². The van der Waals surface area contributed by atoms with Crippen molar-refractivity contribution in [1.29, 1.82) is 0 Å². The second-order valence-electron chi connectivity index (χ2n) is 8.31. The molecule has 2 aliphatic rings. The van der Waals surface area contributed by atoms with Gasteiger partial charge in [0.25, 0.3) is 0 Å². The van der Waals surface area contributed by atoms with Crippen LogP contribution in [0.3, 0.4) is 0 Å². The van der Waals surface area contributed by atoms with E-state index in [0.29, 0.717) is 28.7 Å². The van der Waals surface area contributed by atoms with Crippen molar-refractivity contribution < 1.29 is 14.6 Å². The number of hydrogen-bond acceptors (Lipinski definition) is 5. The summed E-state index contributed by atoms with van der Waals surface area (Å²) in [4.78, 5) is 2.11. The zero-order chi connectivity index (χ0) is 19.4. The summed E-state index contributed by atoms with van der Waals surface area (Å²) < 4.78 is 12.5. The average molecular weight is 414 g/mol. The van der Waals surface area contributed by atoms with E-state index in [9.17, 15) is 5.11 Å². The summed E-state index contributed by atoms with van der Waals surface area (Å²) in [7, 11) is 0. The highest BCUT2D eigenvalue weighted by molar-refractivity contribution is 8.01. The lowest BCUT2D eigenvalue weighted by molar-refractivity contribution is -0.0497. The second-order valence-corrected chi connectivity index (χ2v) is 10.4. The highest BCUT2D eigenvalue weighted by Gasteiger charge is 2.46. The summed E-state index contributed by atoms with van der Waals surface area (Å²) in [6.45, 7) is 10.5. The van der Waals surface area contributed by atoms with Crippen LogP contribution in [0.4, 0.5) is 0 Å². The maximum absolute atomic E-state index is 9.50. The first-order valence-electron chi connectivity index (χ1n) is 9.96. The summed E-state index contributed by atoms with van der Waals surface area (Å²) in [5, 5.41) is 10.7. The van der Waals surface area contributed by atoms with Crippen molar-refractivity contribution in [2.45, 2.75) is 49.9 Å². The molecule has 2 heterocycles. The molecule has 4 atom stereocenters. The number of aliphatic hydroxyl groups is 1. The standard InChI is InChI=1S/C21H32ClNO3S/c1-15(2)20-19(12-23-10-4-5-16(11-23)13-24)26-21(3,27-20)14-25-18-8-6-17(22)7-9-18/h6-9,15-16,19-20,24H,4-5,10-14H2,1-3H3. The highest BCUT2D eigenvalue weighted by Crippen LogP contribution is 2.45. The van der Waals surface area contributed by atoms with Crippen LogP contribution in [-0.4, -0.2) is 59.1 Å². The van der Waals surface area contributed by atoms with Crippen LogP contribution >= 0.6 is 23.4 Å². The summed E-state index contributed by atoms with van der Waals surface area (Å²) >= 11 is 7.85. The molecule has 0 saturated carbocycles. The highest BCUT2D eigenvalue weighted by atomic mass is 35.5. The third kappa shape index (κ3) is 5.77. The zero-order valence-corrected chi connectivity index (χ0v) is 18.1. The number of benzene rings is 1. The van der Waals surface area contributed by atoms with E-state index >= 15 is 0 Å². The van der Waals surface area contributed by atoms with Crippen LogP contribution in [0.5, 0.6) is 5.75 Å². The molecule has 1 N–H and O–H groups in total. The smallest absolute Gasteiger partial charge is 0.145 e. The minimum absolute atomic E-state index is 0.186. The van der Waals surface area contributed by atoms with Gasteiger partial charge >= 0.3 is 0 Å². The van der Waals surface area contributed by atoms with Gasteiger partial charge in [0.15, 0.2) is 0 Å². The summed E-state index contributed by atoms with van der Waals surface area (Å²) in [6, 6.07) is 7.47. The fourth-order valence-corrected chi connectivity index (χ4v) is 5.59. The Labute approximate surface area is 172 Å². The first-order valence-corrected chi connectivity index (χ1v) is 11.2. The van der Waals surface area contributed by atoms with Crippen molar-refractivity contribution >= 4 is 23.4 Å². The number of thioether (sulfide) groups is 1. The Morgan fingerprint density at radius 3 is 2.78 bits per heavy atom. The van der Waals surface area contributed by atoms with Gasteiger partial charge in [0.2, 0.25) is 0 Å². The van der Waals surface area contributed by atoms with Crippen molar-refractivity contribution in [3.8, 4) is 5.75 Å². The first kappa shape index (κ1) is 21.3. The molecule has 2 aliphatic heterocycles. The van der Waals surface area contributed by atoms with Crippen LogP contribution in [0, 0.1) is 11.8 Å². The van der Waals surface area contributed by atoms with Gasteiger partial charge in [0.05, 0.1) is 6.10 Å². The molecule has 0 bridgehead atoms. The Morgan fingerprint density at radius 2 is 2.11 bits per heavy atom. The molecular formula is C21H32ClNO3S. The quantitative estimate of drug-likeness (QED) is 0.721. The number of aliphatic hydroxyl groups excluding tert-OH is 1. The monoisotopic (exact) mass is 413 g/mol. The molecule has 0 amide bonds. The SMILES string of the molecule is CC(C)C1SC(C)(COc2ccc(Cl)cc2)OC1CN1CCCC(CO)C1. The van der Waals surface area contributed by atoms with Gasteiger partial charge in [-0.15, -0.1) is 11.8 Å². The van der Waals surface area contributed by atoms with Crippen molar-refractivity contribution in [1.82, 2.24) is 4.90 Å². The van der Waals surface area contributed by atoms with E-state index in [-0.39, 0.29) is 17.6 Å². The Balaban J connectivity index is 1.60. The van der Waals surface area contributed by atoms with Gasteiger partial charge in [-0.3, -0.25) is 0 Å². The molecule has 0 spiro atoms. The minimum Gasteiger partial charge on any atom is -0.490 e. The van der Waals surface area contributed by atoms with Gasteiger partial charge in [-0.1, -0.05) is 25.4 Å². The zero-order valence-electron chi connectivity index (χ0n) is 16.6. The van der Waals surface area contributed by atoms with Crippen molar-refractivity contribution in [2.24, 2.45) is 11.8 Å². The predicted molar refractivity (Wildman–Crippen MR) is 113 cm³/mol. The molecule has 1 aromatic rings. The molecule has 0 aliphatic carbocycles. The van der Waals surface area contributed by atoms with Crippen LogP contribution in [0.15, 0.2) is 24.3 Å². The van der Waals surface area contributed by atoms with E-state index in [4.69, 9.17) is 21.1 Å². The number of rotatable bonds is 7. The number of ether oxygens (including phenoxy) is 2. The Kier molecular flexibility index (Phi) is 7.37. The average Bonchev–Trinajstić information content (AvgIpc) is 2.98. The lowest BCUT2D eigenvalue weighted by Gasteiger charge is -2.35. The van der Waals surface area contributed by atoms with Crippen LogP contribution in [0.25, 0.3) is 0 Å². The molecule has 27 heavy (non-hydrogen) atoms. The van der Waals surface area contributed by atoms with Gasteiger partial charge < -0.3 is 19.5 Å². The Hall–Kier alpha value is -0.460. The van der Waals surface area contributed by atoms with Gasteiger partial charge in [0.1, 0.15) is 17.3 Å². The molecule has 4 unspecified atom stereocenters. The maximum Gasteiger partial charge on any atom is 0.145 e. The minimum atomic E-state index is -0.356. The van der Waals surface area contributed by atoms with E-state index in [1.807, 2.05) is 36.0 Å². The van der Waals surface area contributed by atoms with E-state index < -0.39 is 0 Å². The molecule has 152 valence electrons. The topological polar surface area (TPSA) is 41.9 Å². The molecule has 0 aromatic heterocycles. The predicted octanol–water partition coefficient (Wildman–Crippen LogP) is 4.30. The molecule has 4 nitrogen and oxygen atoms in total. The Morgan fingerprint density at radius 1 is 1.37 bits per heavy atom. The van der Waals surface area contributed by atoms with Crippen molar-refractivity contribution in [3.05, 3.63) is 29.3 Å². The Bertz CT molecular complexity index is 600. The number of likely N-dealkylation sites (tertiary alicyclic amines) is 1. The molecule has 2 saturated heterocycles. The van der Waals surface area contributed by atoms with Gasteiger partial charge in [0, 0.05) is 30.0 Å². The normalized spacial score (nSPS) is 32.1. The maximum atomic E-state index is 9.50. The van der Waals surface area contributed by atoms with E-state index in [1.54, 1.807) is 0 Å². The fraction of sp³-hybridized carbons (Fsp3) is 0.714. The lowest BCUT2D eigenvalue weighted by atomic mass is 9.97. The van der Waals surface area contributed by atoms with E-state index in [2.05, 4.69) is 25.7 Å². The molecule has 0 radical (unpaired) electrons. The fourth-order valence-electron chi connectivity index (χ4n) is 4.02. The third-order valence-corrected chi connectivity index (χ3v) is 7.51. The lowest BCUT2D eigenvalue weighted by Crippen LogP contribution is -2.44. The van der Waals surface area contributed by atoms with Crippen LogP contribution in [-0.2, 0) is 4.74 Å². The molecular weight excluding hydrogens is 382 g/mol. The van der Waals surface area contributed by atoms with E-state index in [1.165, 1.54) is 0 Å². The largest absolute Gasteiger partial charge is 0.490 e. The number of nitrogens with zero attached hydrogens (tertiary/aromatic N) is 1. The van der Waals surface area contributed by atoms with Gasteiger partial charge in [-0.2, -0.15) is 0 Å². The number of piperidine rings is 1. The van der Waals surface area contributed by atoms with Gasteiger partial charge in [-0.05, 0) is 62.4 Å². The second kappa shape index (κ2) is 9.36. The van der Waals surface area contributed by atoms with Crippen LogP contribution in [0.1, 0.15) is 33.6 Å². The molecule has 1 aromatic carbocycles. The summed E-state index contributed by atoms with van der Waals surface area (Å²) in [6.07, 6.45) is 2.48. The van der Waals surface area contributed by atoms with Crippen LogP contribution in [0.2, 0.25) is 5.02 Å².